The van der Waals surface area contributed by atoms with Crippen LogP contribution in [0.2, 0.25) is 0 Å². The number of aromatic nitrogens is 1. The molecule has 2 heterocycles. The Bertz CT molecular complexity index is 2170. The number of benzene rings is 3. The Hall–Kier alpha value is -5.89. The number of carbonyl (C=O) groups excluding carboxylic acids is 3. The topological polar surface area (TPSA) is 167 Å². The number of halogens is 2. The van der Waals surface area contributed by atoms with Crippen LogP contribution in [0.1, 0.15) is 55.3 Å². The largest absolute Gasteiger partial charge is 0.459 e. The number of likely N-dealkylation sites (N-methyl/N-ethyl adjacent to an activating group) is 1. The lowest BCUT2D eigenvalue weighted by Crippen LogP contribution is -2.54. The molecule has 13 nitrogen and oxygen atoms in total. The van der Waals surface area contributed by atoms with Crippen LogP contribution < -0.4 is 5.32 Å². The highest BCUT2D eigenvalue weighted by atomic mass is 32.1. The number of aliphatic hydroxyl groups is 1. The van der Waals surface area contributed by atoms with Crippen molar-refractivity contribution in [1.29, 1.82) is 5.26 Å². The monoisotopic (exact) mass is 786 g/mol. The molecule has 2 N–H and O–H groups in total. The molecular weight excluding hydrogens is 745 g/mol. The van der Waals surface area contributed by atoms with Gasteiger partial charge in [-0.3, -0.25) is 14.9 Å². The maximum Gasteiger partial charge on any atom is 0.411 e. The lowest BCUT2D eigenvalue weighted by Gasteiger charge is -2.38. The molecule has 3 aromatic carbocycles. The highest BCUT2D eigenvalue weighted by molar-refractivity contribution is 7.10. The zero-order valence-corrected chi connectivity index (χ0v) is 32.3. The van der Waals surface area contributed by atoms with Crippen molar-refractivity contribution in [3.63, 3.8) is 0 Å². The van der Waals surface area contributed by atoms with Gasteiger partial charge in [-0.05, 0) is 36.4 Å². The average molecular weight is 787 g/mol. The van der Waals surface area contributed by atoms with Crippen molar-refractivity contribution in [2.75, 3.05) is 38.6 Å². The van der Waals surface area contributed by atoms with E-state index in [1.807, 2.05) is 0 Å². The van der Waals surface area contributed by atoms with Gasteiger partial charge in [0.15, 0.2) is 11.9 Å². The second-order valence-electron chi connectivity index (χ2n) is 14.4. The lowest BCUT2D eigenvalue weighted by atomic mass is 9.81. The van der Waals surface area contributed by atoms with Crippen molar-refractivity contribution in [1.82, 2.24) is 9.88 Å². The number of quaternary nitrogens is 1. The van der Waals surface area contributed by atoms with E-state index in [9.17, 15) is 23.9 Å². The normalized spacial score (nSPS) is 16.4. The Morgan fingerprint density at radius 3 is 2.48 bits per heavy atom. The van der Waals surface area contributed by atoms with E-state index in [-0.39, 0.29) is 44.3 Å². The molecule has 0 bridgehead atoms. The van der Waals surface area contributed by atoms with Gasteiger partial charge in [0.25, 0.3) is 0 Å². The number of amides is 2. The Balaban J connectivity index is 1.28. The number of esters is 1. The molecular formula is C40H42F2N7O6S+. The first-order valence-corrected chi connectivity index (χ1v) is 18.4. The summed E-state index contributed by atoms with van der Waals surface area (Å²) in [6, 6.07) is 18.4. The standard InChI is InChI=1S/C40H41F2N7O6S/c1-26(36-46-34(22-56-36)28-12-10-27(19-43)11-13-28)40(53,31-18-30(41)14-15-32(31)42)23-49(25-44-24-45-49)16-17-54-38(52)47-33-9-7-6-8-29(33)21-55-35(50)20-48(5)37(51)39(2,3)4/h6-15,18,22,24-26,53H,16-17,20-21,23H2,1-5H3/p+1/t26-,40+,49?/m0/s1. The summed E-state index contributed by atoms with van der Waals surface area (Å²) in [6.45, 7) is 5.85. The molecule has 16 heteroatoms. The third-order valence-corrected chi connectivity index (χ3v) is 10.2. The van der Waals surface area contributed by atoms with Crippen LogP contribution in [0.5, 0.6) is 0 Å². The minimum absolute atomic E-state index is 0.0478. The first-order valence-electron chi connectivity index (χ1n) is 17.6. The van der Waals surface area contributed by atoms with Gasteiger partial charge in [0, 0.05) is 40.5 Å². The van der Waals surface area contributed by atoms with Crippen molar-refractivity contribution in [3.05, 3.63) is 105 Å². The van der Waals surface area contributed by atoms with E-state index in [1.165, 1.54) is 36.0 Å². The van der Waals surface area contributed by atoms with E-state index in [4.69, 9.17) is 19.7 Å². The third kappa shape index (κ3) is 9.85. The van der Waals surface area contributed by atoms with Crippen molar-refractivity contribution in [2.45, 2.75) is 45.8 Å². The first-order chi connectivity index (χ1) is 26.5. The van der Waals surface area contributed by atoms with E-state index in [0.717, 1.165) is 23.8 Å². The van der Waals surface area contributed by atoms with E-state index in [2.05, 4.69) is 21.5 Å². The number of nitriles is 1. The van der Waals surface area contributed by atoms with Crippen LogP contribution in [0.15, 0.2) is 82.2 Å². The van der Waals surface area contributed by atoms with Gasteiger partial charge in [0.1, 0.15) is 44.5 Å². The van der Waals surface area contributed by atoms with Crippen molar-refractivity contribution < 1.29 is 42.3 Å². The number of ether oxygens (including phenoxy) is 2. The van der Waals surface area contributed by atoms with Crippen LogP contribution in [0.3, 0.4) is 0 Å². The summed E-state index contributed by atoms with van der Waals surface area (Å²) in [4.78, 5) is 48.1. The minimum Gasteiger partial charge on any atom is -0.459 e. The molecule has 3 atom stereocenters. The Morgan fingerprint density at radius 1 is 1.07 bits per heavy atom. The lowest BCUT2D eigenvalue weighted by molar-refractivity contribution is -0.848. The third-order valence-electron chi connectivity index (χ3n) is 9.17. The number of nitrogens with one attached hydrogen (secondary N) is 1. The number of anilines is 1. The second kappa shape index (κ2) is 17.3. The second-order valence-corrected chi connectivity index (χ2v) is 15.3. The van der Waals surface area contributed by atoms with Crippen molar-refractivity contribution in [2.24, 2.45) is 15.5 Å². The average Bonchev–Trinajstić information content (AvgIpc) is 3.85. The molecule has 0 saturated carbocycles. The molecule has 0 aliphatic carbocycles. The number of carbonyl (C=O) groups is 3. The van der Waals surface area contributed by atoms with Gasteiger partial charge in [-0.1, -0.05) is 63.1 Å². The number of hydrogen-bond donors (Lipinski definition) is 2. The number of para-hydroxylation sites is 1. The molecule has 1 unspecified atom stereocenters. The van der Waals surface area contributed by atoms with Gasteiger partial charge in [-0.25, -0.2) is 18.6 Å². The number of nitrogens with zero attached hydrogens (tertiary/aromatic N) is 6. The summed E-state index contributed by atoms with van der Waals surface area (Å²) in [5.41, 5.74) is -0.491. The SMILES string of the molecule is C[C@@H](c1nc(-c2ccc(C#N)cc2)cs1)[C@](O)(C[N+]1(CCOC(=O)Nc2ccccc2COC(=O)CN(C)C(=O)C(C)(C)C)C=NC=N1)c1cc(F)ccc1F. The molecule has 0 radical (unpaired) electrons. The molecule has 1 aliphatic heterocycles. The fourth-order valence-electron chi connectivity index (χ4n) is 6.09. The Morgan fingerprint density at radius 2 is 1.80 bits per heavy atom. The molecule has 2 amide bonds. The van der Waals surface area contributed by atoms with E-state index in [1.54, 1.807) is 81.6 Å². The predicted octanol–water partition coefficient (Wildman–Crippen LogP) is 6.55. The maximum atomic E-state index is 15.5. The predicted molar refractivity (Wildman–Crippen MR) is 206 cm³/mol. The summed E-state index contributed by atoms with van der Waals surface area (Å²) in [6.07, 6.45) is 1.83. The van der Waals surface area contributed by atoms with Gasteiger partial charge >= 0.3 is 12.1 Å². The van der Waals surface area contributed by atoms with Gasteiger partial charge in [-0.2, -0.15) is 10.3 Å². The highest BCUT2D eigenvalue weighted by Crippen LogP contribution is 2.42. The van der Waals surface area contributed by atoms with Crippen LogP contribution in [-0.4, -0.2) is 83.5 Å². The summed E-state index contributed by atoms with van der Waals surface area (Å²) in [5, 5.41) is 31.0. The molecule has 56 heavy (non-hydrogen) atoms. The molecule has 292 valence electrons. The van der Waals surface area contributed by atoms with Gasteiger partial charge in [0.05, 0.1) is 28.0 Å². The molecule has 1 aliphatic rings. The number of aliphatic imine (C=N–C) groups is 1. The van der Waals surface area contributed by atoms with Gasteiger partial charge < -0.3 is 19.5 Å². The Kier molecular flexibility index (Phi) is 12.7. The summed E-state index contributed by atoms with van der Waals surface area (Å²) < 4.78 is 40.7. The summed E-state index contributed by atoms with van der Waals surface area (Å²) in [5.74, 6) is -3.34. The highest BCUT2D eigenvalue weighted by Gasteiger charge is 2.49. The van der Waals surface area contributed by atoms with Crippen LogP contribution in [0.4, 0.5) is 19.3 Å². The van der Waals surface area contributed by atoms with E-state index < -0.39 is 45.2 Å². The maximum absolute atomic E-state index is 15.5. The summed E-state index contributed by atoms with van der Waals surface area (Å²) in [7, 11) is 1.52. The fourth-order valence-corrected chi connectivity index (χ4v) is 7.06. The number of hydrogen-bond acceptors (Lipinski definition) is 11. The molecule has 0 fully saturated rings. The molecule has 5 rings (SSSR count). The number of rotatable bonds is 14. The van der Waals surface area contributed by atoms with Crippen LogP contribution in [-0.2, 0) is 31.3 Å². The van der Waals surface area contributed by atoms with Crippen LogP contribution in [0.25, 0.3) is 11.3 Å². The zero-order chi connectivity index (χ0) is 40.7. The molecule has 1 aromatic heterocycles. The first kappa shape index (κ1) is 41.3. The van der Waals surface area contributed by atoms with Crippen molar-refractivity contribution in [3.8, 4) is 17.3 Å². The molecule has 4 aromatic rings. The quantitative estimate of drug-likeness (QED) is 0.107. The van der Waals surface area contributed by atoms with Crippen LogP contribution in [0, 0.1) is 28.4 Å². The summed E-state index contributed by atoms with van der Waals surface area (Å²) >= 11 is 1.23. The zero-order valence-electron chi connectivity index (χ0n) is 31.5. The van der Waals surface area contributed by atoms with Gasteiger partial charge in [0.2, 0.25) is 12.2 Å². The molecule has 0 saturated heterocycles. The van der Waals surface area contributed by atoms with Gasteiger partial charge in [-0.15, -0.1) is 15.9 Å². The fraction of sp³-hybridized carbons (Fsp3) is 0.325. The van der Waals surface area contributed by atoms with Crippen LogP contribution >= 0.6 is 11.3 Å². The molecule has 0 spiro atoms. The Labute approximate surface area is 327 Å². The van der Waals surface area contributed by atoms with E-state index in [0.29, 0.717) is 27.5 Å². The number of thiazole rings is 1. The van der Waals surface area contributed by atoms with E-state index >= 15 is 4.39 Å². The smallest absolute Gasteiger partial charge is 0.411 e. The van der Waals surface area contributed by atoms with Crippen molar-refractivity contribution >= 4 is 47.7 Å². The minimum atomic E-state index is -2.10.